The minimum Gasteiger partial charge on any atom is -0.437 e. The van der Waals surface area contributed by atoms with Crippen LogP contribution in [0.5, 0.6) is 0 Å². The van der Waals surface area contributed by atoms with E-state index in [4.69, 9.17) is 8.53 Å². The molecule has 0 N–H and O–H groups in total. The van der Waals surface area contributed by atoms with Crippen LogP contribution in [0, 0.1) is 12.8 Å². The van der Waals surface area contributed by atoms with Crippen molar-refractivity contribution >= 4 is 22.1 Å². The van der Waals surface area contributed by atoms with E-state index < -0.39 is 6.85 Å². The fourth-order valence-electron chi connectivity index (χ4n) is 3.10. The molecule has 3 nitrogen and oxygen atoms in total. The second-order valence-corrected chi connectivity index (χ2v) is 6.48. The Morgan fingerprint density at radius 2 is 2.04 bits per heavy atom. The molecule has 0 radical (unpaired) electrons. The standard InChI is InChI=1S/C21H20N2O/c1-13(2)11-15-9-10-22-19(12-15)18-6-4-5-16-17-8-7-14(3)23-21(17)24-20(16)18/h4-10,12-13H,11H2,1-3H3/i3D3. The van der Waals surface area contributed by atoms with Crippen LogP contribution in [0.2, 0.25) is 0 Å². The highest BCUT2D eigenvalue weighted by Gasteiger charge is 2.14. The first-order valence-corrected chi connectivity index (χ1v) is 8.11. The highest BCUT2D eigenvalue weighted by atomic mass is 16.3. The Kier molecular flexibility index (Phi) is 2.83. The Bertz CT molecular complexity index is 1130. The van der Waals surface area contributed by atoms with Crippen LogP contribution in [0.1, 0.15) is 29.2 Å². The van der Waals surface area contributed by atoms with Crippen LogP contribution in [0.3, 0.4) is 0 Å². The fourth-order valence-corrected chi connectivity index (χ4v) is 3.10. The lowest BCUT2D eigenvalue weighted by molar-refractivity contribution is 0.646. The quantitative estimate of drug-likeness (QED) is 0.497. The molecule has 3 aromatic heterocycles. The van der Waals surface area contributed by atoms with Gasteiger partial charge in [-0.2, -0.15) is 0 Å². The Labute approximate surface area is 145 Å². The first-order chi connectivity index (χ1) is 12.8. The van der Waals surface area contributed by atoms with Crippen molar-refractivity contribution in [2.75, 3.05) is 0 Å². The molecule has 0 amide bonds. The van der Waals surface area contributed by atoms with Gasteiger partial charge >= 0.3 is 0 Å². The van der Waals surface area contributed by atoms with Crippen LogP contribution >= 0.6 is 0 Å². The number of hydrogen-bond acceptors (Lipinski definition) is 3. The monoisotopic (exact) mass is 319 g/mol. The molecule has 4 rings (SSSR count). The average molecular weight is 319 g/mol. The Hall–Kier alpha value is -2.68. The second kappa shape index (κ2) is 5.75. The van der Waals surface area contributed by atoms with Gasteiger partial charge in [-0.1, -0.05) is 26.0 Å². The summed E-state index contributed by atoms with van der Waals surface area (Å²) in [5.74, 6) is 0.560. The maximum Gasteiger partial charge on any atom is 0.227 e. The van der Waals surface area contributed by atoms with Crippen molar-refractivity contribution < 1.29 is 8.53 Å². The predicted octanol–water partition coefficient (Wildman–Crippen LogP) is 5.55. The van der Waals surface area contributed by atoms with Crippen molar-refractivity contribution in [2.24, 2.45) is 5.92 Å². The maximum atomic E-state index is 7.56. The van der Waals surface area contributed by atoms with Gasteiger partial charge in [0.25, 0.3) is 0 Å². The Balaban J connectivity index is 1.89. The van der Waals surface area contributed by atoms with Gasteiger partial charge in [-0.3, -0.25) is 4.98 Å². The molecule has 0 atom stereocenters. The molecular weight excluding hydrogens is 296 g/mol. The predicted molar refractivity (Wildman–Crippen MR) is 98.0 cm³/mol. The number of hydrogen-bond donors (Lipinski definition) is 0. The highest BCUT2D eigenvalue weighted by molar-refractivity contribution is 6.08. The lowest BCUT2D eigenvalue weighted by Gasteiger charge is -2.07. The number of fused-ring (bicyclic) bond motifs is 3. The van der Waals surface area contributed by atoms with Crippen LogP contribution in [-0.2, 0) is 6.42 Å². The largest absolute Gasteiger partial charge is 0.437 e. The summed E-state index contributed by atoms with van der Waals surface area (Å²) >= 11 is 0. The zero-order valence-corrected chi connectivity index (χ0v) is 13.7. The molecule has 24 heavy (non-hydrogen) atoms. The summed E-state index contributed by atoms with van der Waals surface area (Å²) in [6, 6.07) is 13.3. The molecule has 0 saturated heterocycles. The van der Waals surface area contributed by atoms with E-state index in [0.29, 0.717) is 17.2 Å². The smallest absolute Gasteiger partial charge is 0.227 e. The van der Waals surface area contributed by atoms with Crippen molar-refractivity contribution in [1.29, 1.82) is 0 Å². The molecule has 3 heterocycles. The van der Waals surface area contributed by atoms with Crippen LogP contribution in [0.15, 0.2) is 53.1 Å². The van der Waals surface area contributed by atoms with Crippen molar-refractivity contribution in [2.45, 2.75) is 27.1 Å². The molecule has 0 aliphatic heterocycles. The van der Waals surface area contributed by atoms with Gasteiger partial charge in [0, 0.05) is 32.3 Å². The molecule has 0 unspecified atom stereocenters. The molecule has 3 heteroatoms. The molecule has 120 valence electrons. The number of aromatic nitrogens is 2. The number of furan rings is 1. The van der Waals surface area contributed by atoms with Gasteiger partial charge in [0.05, 0.1) is 5.69 Å². The molecule has 0 fully saturated rings. The molecular formula is C21H20N2O. The molecule has 1 aromatic carbocycles. The molecule has 0 aliphatic rings. The van der Waals surface area contributed by atoms with Gasteiger partial charge in [0.2, 0.25) is 5.71 Å². The van der Waals surface area contributed by atoms with Crippen LogP contribution < -0.4 is 0 Å². The van der Waals surface area contributed by atoms with E-state index >= 15 is 0 Å². The molecule has 0 aliphatic carbocycles. The summed E-state index contributed by atoms with van der Waals surface area (Å²) in [7, 11) is 0. The molecule has 0 bridgehead atoms. The van der Waals surface area contributed by atoms with Gasteiger partial charge in [0.15, 0.2) is 0 Å². The summed E-state index contributed by atoms with van der Waals surface area (Å²) in [5.41, 5.74) is 4.00. The number of nitrogens with zero attached hydrogens (tertiary/aromatic N) is 2. The minimum atomic E-state index is -2.26. The first-order valence-electron chi connectivity index (χ1n) is 9.61. The van der Waals surface area contributed by atoms with Gasteiger partial charge in [0.1, 0.15) is 5.58 Å². The number of rotatable bonds is 3. The third kappa shape index (κ3) is 2.56. The lowest BCUT2D eigenvalue weighted by Crippen LogP contribution is -1.95. The summed E-state index contributed by atoms with van der Waals surface area (Å²) in [6.45, 7) is 2.12. The van der Waals surface area contributed by atoms with E-state index in [2.05, 4.69) is 29.9 Å². The highest BCUT2D eigenvalue weighted by Crippen LogP contribution is 2.34. The van der Waals surface area contributed by atoms with Gasteiger partial charge < -0.3 is 4.42 Å². The van der Waals surface area contributed by atoms with Crippen LogP contribution in [-0.4, -0.2) is 9.97 Å². The van der Waals surface area contributed by atoms with Crippen molar-refractivity contribution in [3.63, 3.8) is 0 Å². The zero-order valence-electron chi connectivity index (χ0n) is 16.7. The van der Waals surface area contributed by atoms with E-state index in [-0.39, 0.29) is 5.69 Å². The number of para-hydroxylation sites is 1. The van der Waals surface area contributed by atoms with Crippen LogP contribution in [0.4, 0.5) is 0 Å². The second-order valence-electron chi connectivity index (χ2n) is 6.48. The third-order valence-corrected chi connectivity index (χ3v) is 4.11. The van der Waals surface area contributed by atoms with Gasteiger partial charge in [-0.05, 0) is 55.1 Å². The minimum absolute atomic E-state index is 0.0349. The first kappa shape index (κ1) is 11.8. The Morgan fingerprint density at radius 3 is 2.88 bits per heavy atom. The van der Waals surface area contributed by atoms with Gasteiger partial charge in [-0.15, -0.1) is 0 Å². The van der Waals surface area contributed by atoms with Crippen molar-refractivity contribution in [3.05, 3.63) is 59.9 Å². The fraction of sp³-hybridized carbons (Fsp3) is 0.238. The van der Waals surface area contributed by atoms with Gasteiger partial charge in [-0.25, -0.2) is 4.98 Å². The lowest BCUT2D eigenvalue weighted by atomic mass is 10.0. The van der Waals surface area contributed by atoms with Crippen LogP contribution in [0.25, 0.3) is 33.3 Å². The zero-order chi connectivity index (χ0) is 19.2. The van der Waals surface area contributed by atoms with E-state index in [1.807, 2.05) is 30.5 Å². The summed E-state index contributed by atoms with van der Waals surface area (Å²) < 4.78 is 28.7. The molecule has 4 aromatic rings. The molecule has 0 saturated carbocycles. The Morgan fingerprint density at radius 1 is 1.12 bits per heavy atom. The normalized spacial score (nSPS) is 14.0. The summed E-state index contributed by atoms with van der Waals surface area (Å²) in [4.78, 5) is 8.75. The van der Waals surface area contributed by atoms with Crippen molar-refractivity contribution in [1.82, 2.24) is 9.97 Å². The van der Waals surface area contributed by atoms with Crippen molar-refractivity contribution in [3.8, 4) is 11.3 Å². The topological polar surface area (TPSA) is 38.9 Å². The number of benzene rings is 1. The number of pyridine rings is 2. The van der Waals surface area contributed by atoms with E-state index in [1.54, 1.807) is 12.1 Å². The molecule has 0 spiro atoms. The summed E-state index contributed by atoms with van der Waals surface area (Å²) in [5, 5.41) is 1.71. The maximum absolute atomic E-state index is 7.56. The summed E-state index contributed by atoms with van der Waals surface area (Å²) in [6.07, 6.45) is 2.80. The van der Waals surface area contributed by atoms with E-state index in [1.165, 1.54) is 5.56 Å². The van der Waals surface area contributed by atoms with E-state index in [0.717, 1.165) is 28.5 Å². The average Bonchev–Trinajstić information content (AvgIpc) is 2.98. The number of aryl methyl sites for hydroxylation is 1. The SMILES string of the molecule is [2H]C([2H])([2H])c1ccc2c(n1)oc1c(-c3cc(CC(C)C)ccn3)cccc12. The van der Waals surface area contributed by atoms with E-state index in [9.17, 15) is 0 Å². The third-order valence-electron chi connectivity index (χ3n) is 4.11.